The number of thiazole rings is 1. The maximum absolute atomic E-state index is 12.3. The molecule has 0 spiro atoms. The van der Waals surface area contributed by atoms with Gasteiger partial charge in [0.05, 0.1) is 15.8 Å². The van der Waals surface area contributed by atoms with Gasteiger partial charge in [0.15, 0.2) is 5.13 Å². The molecule has 1 amide bonds. The van der Waals surface area contributed by atoms with Gasteiger partial charge in [0.25, 0.3) is 5.91 Å². The summed E-state index contributed by atoms with van der Waals surface area (Å²) in [6, 6.07) is 13.7. The monoisotopic (exact) mass is 522 g/mol. The van der Waals surface area contributed by atoms with Crippen LogP contribution in [0.1, 0.15) is 10.4 Å². The van der Waals surface area contributed by atoms with Crippen LogP contribution in [-0.4, -0.2) is 55.1 Å². The van der Waals surface area contributed by atoms with Crippen molar-refractivity contribution in [3.63, 3.8) is 0 Å². The van der Waals surface area contributed by atoms with Crippen molar-refractivity contribution in [1.82, 2.24) is 15.2 Å². The number of nitrogens with zero attached hydrogens (tertiary/aromatic N) is 3. The molecule has 0 radical (unpaired) electrons. The number of amides is 1. The Hall–Kier alpha value is -1.48. The summed E-state index contributed by atoms with van der Waals surface area (Å²) >= 11 is 8.70. The van der Waals surface area contributed by atoms with Crippen LogP contribution in [0.25, 0.3) is 10.2 Å². The van der Waals surface area contributed by atoms with Crippen LogP contribution in [0.5, 0.6) is 0 Å². The zero-order valence-corrected chi connectivity index (χ0v) is 19.2. The van der Waals surface area contributed by atoms with Crippen molar-refractivity contribution in [2.75, 3.05) is 44.2 Å². The summed E-state index contributed by atoms with van der Waals surface area (Å²) in [6.45, 7) is 5.37. The average molecular weight is 524 g/mol. The molecule has 8 heteroatoms. The summed E-state index contributed by atoms with van der Waals surface area (Å²) in [5, 5.41) is 4.11. The molecule has 2 heterocycles. The minimum atomic E-state index is -0.0354. The van der Waals surface area contributed by atoms with Crippen LogP contribution >= 0.6 is 43.2 Å². The summed E-state index contributed by atoms with van der Waals surface area (Å²) in [7, 11) is 0. The summed E-state index contributed by atoms with van der Waals surface area (Å²) in [5.41, 5.74) is 1.73. The van der Waals surface area contributed by atoms with Crippen LogP contribution in [0.4, 0.5) is 5.13 Å². The normalized spacial score (nSPS) is 15.1. The molecule has 3 aromatic rings. The van der Waals surface area contributed by atoms with E-state index in [4.69, 9.17) is 4.98 Å². The van der Waals surface area contributed by atoms with E-state index in [0.717, 1.165) is 52.3 Å². The number of carbonyl (C=O) groups is 1. The van der Waals surface area contributed by atoms with E-state index in [1.165, 1.54) is 4.70 Å². The molecule has 28 heavy (non-hydrogen) atoms. The van der Waals surface area contributed by atoms with Crippen LogP contribution in [0, 0.1) is 0 Å². The molecule has 0 unspecified atom stereocenters. The molecule has 1 N–H and O–H groups in total. The summed E-state index contributed by atoms with van der Waals surface area (Å²) < 4.78 is 3.12. The summed E-state index contributed by atoms with van der Waals surface area (Å²) in [5.74, 6) is -0.0354. The number of fused-ring (bicyclic) bond motifs is 1. The highest BCUT2D eigenvalue weighted by Gasteiger charge is 2.20. The predicted octanol–water partition coefficient (Wildman–Crippen LogP) is 4.37. The number of halogens is 2. The molecule has 1 aromatic heterocycles. The quantitative estimate of drug-likeness (QED) is 0.539. The van der Waals surface area contributed by atoms with Crippen molar-refractivity contribution in [1.29, 1.82) is 0 Å². The molecule has 1 aliphatic heterocycles. The molecule has 1 saturated heterocycles. The molecule has 1 aliphatic rings. The number of rotatable bonds is 5. The maximum Gasteiger partial charge on any atom is 0.252 e. The van der Waals surface area contributed by atoms with E-state index in [9.17, 15) is 4.79 Å². The second-order valence-corrected chi connectivity index (χ2v) is 9.45. The summed E-state index contributed by atoms with van der Waals surface area (Å²) in [4.78, 5) is 21.8. The van der Waals surface area contributed by atoms with Crippen molar-refractivity contribution in [3.8, 4) is 0 Å². The molecular weight excluding hydrogens is 504 g/mol. The first-order valence-electron chi connectivity index (χ1n) is 9.16. The molecule has 2 aromatic carbocycles. The van der Waals surface area contributed by atoms with Crippen LogP contribution in [-0.2, 0) is 0 Å². The predicted molar refractivity (Wildman–Crippen MR) is 122 cm³/mol. The molecule has 0 saturated carbocycles. The van der Waals surface area contributed by atoms with Crippen LogP contribution in [0.3, 0.4) is 0 Å². The zero-order chi connectivity index (χ0) is 19.5. The Morgan fingerprint density at radius 1 is 1.11 bits per heavy atom. The lowest BCUT2D eigenvalue weighted by Crippen LogP contribution is -2.48. The Bertz CT molecular complexity index is 985. The van der Waals surface area contributed by atoms with Crippen LogP contribution < -0.4 is 10.2 Å². The molecule has 146 valence electrons. The molecule has 4 rings (SSSR count). The Morgan fingerprint density at radius 2 is 1.89 bits per heavy atom. The van der Waals surface area contributed by atoms with Crippen LogP contribution in [0.2, 0.25) is 0 Å². The third-order valence-corrected chi connectivity index (χ3v) is 7.08. The fourth-order valence-corrected chi connectivity index (χ4v) is 5.29. The lowest BCUT2D eigenvalue weighted by atomic mass is 10.2. The van der Waals surface area contributed by atoms with E-state index in [-0.39, 0.29) is 5.91 Å². The number of nitrogens with one attached hydrogen (secondary N) is 1. The van der Waals surface area contributed by atoms with Gasteiger partial charge in [-0.2, -0.15) is 0 Å². The molecular formula is C20H20Br2N4OS. The highest BCUT2D eigenvalue weighted by molar-refractivity contribution is 9.10. The minimum absolute atomic E-state index is 0.0354. The molecule has 0 atom stereocenters. The fraction of sp³-hybridized carbons (Fsp3) is 0.300. The number of anilines is 1. The van der Waals surface area contributed by atoms with Gasteiger partial charge in [-0.15, -0.1) is 0 Å². The van der Waals surface area contributed by atoms with Crippen molar-refractivity contribution in [3.05, 3.63) is 57.0 Å². The van der Waals surface area contributed by atoms with Gasteiger partial charge >= 0.3 is 0 Å². The van der Waals surface area contributed by atoms with E-state index in [0.29, 0.717) is 12.1 Å². The average Bonchev–Trinajstić information content (AvgIpc) is 3.12. The second kappa shape index (κ2) is 8.90. The van der Waals surface area contributed by atoms with E-state index in [1.807, 2.05) is 30.3 Å². The van der Waals surface area contributed by atoms with Crippen molar-refractivity contribution < 1.29 is 4.79 Å². The third-order valence-electron chi connectivity index (χ3n) is 4.81. The van der Waals surface area contributed by atoms with Gasteiger partial charge in [-0.25, -0.2) is 4.98 Å². The molecule has 5 nitrogen and oxygen atoms in total. The molecule has 0 aliphatic carbocycles. The van der Waals surface area contributed by atoms with E-state index in [1.54, 1.807) is 11.3 Å². The molecule has 1 fully saturated rings. The van der Waals surface area contributed by atoms with Crippen LogP contribution in [0.15, 0.2) is 51.4 Å². The highest BCUT2D eigenvalue weighted by atomic mass is 79.9. The number of aromatic nitrogens is 1. The fourth-order valence-electron chi connectivity index (χ4n) is 3.25. The number of benzene rings is 2. The van der Waals surface area contributed by atoms with Gasteiger partial charge in [-0.3, -0.25) is 9.69 Å². The second-order valence-electron chi connectivity index (χ2n) is 6.67. The van der Waals surface area contributed by atoms with Crippen molar-refractivity contribution in [2.24, 2.45) is 0 Å². The first-order chi connectivity index (χ1) is 13.6. The van der Waals surface area contributed by atoms with E-state index >= 15 is 0 Å². The topological polar surface area (TPSA) is 48.5 Å². The number of piperazine rings is 1. The molecule has 0 bridgehead atoms. The largest absolute Gasteiger partial charge is 0.351 e. The van der Waals surface area contributed by atoms with Gasteiger partial charge in [-0.1, -0.05) is 39.4 Å². The van der Waals surface area contributed by atoms with Gasteiger partial charge in [0, 0.05) is 48.2 Å². The van der Waals surface area contributed by atoms with E-state index < -0.39 is 0 Å². The standard InChI is InChI=1S/C20H20Br2N4OS/c21-14-5-6-17-18(13-14)28-20(24-17)26-11-9-25(10-12-26)8-7-23-19(27)15-3-1-2-4-16(15)22/h1-6,13H,7-12H2,(H,23,27). The van der Waals surface area contributed by atoms with Crippen molar-refractivity contribution >= 4 is 64.5 Å². The first-order valence-corrected chi connectivity index (χ1v) is 11.6. The Kier molecular flexibility index (Phi) is 6.30. The maximum atomic E-state index is 12.3. The number of hydrogen-bond donors (Lipinski definition) is 1. The van der Waals surface area contributed by atoms with Gasteiger partial charge in [0.2, 0.25) is 0 Å². The third kappa shape index (κ3) is 4.56. The van der Waals surface area contributed by atoms with E-state index in [2.05, 4.69) is 59.1 Å². The Labute approximate surface area is 185 Å². The number of hydrogen-bond acceptors (Lipinski definition) is 5. The number of carbonyl (C=O) groups excluding carboxylic acids is 1. The zero-order valence-electron chi connectivity index (χ0n) is 15.2. The SMILES string of the molecule is O=C(NCCN1CCN(c2nc3ccc(Br)cc3s2)CC1)c1ccccc1Br. The Balaban J connectivity index is 1.26. The Morgan fingerprint density at radius 3 is 2.68 bits per heavy atom. The summed E-state index contributed by atoms with van der Waals surface area (Å²) in [6.07, 6.45) is 0. The lowest BCUT2D eigenvalue weighted by molar-refractivity contribution is 0.0947. The first kappa shape index (κ1) is 19.8. The van der Waals surface area contributed by atoms with Gasteiger partial charge in [-0.05, 0) is 46.3 Å². The minimum Gasteiger partial charge on any atom is -0.351 e. The van der Waals surface area contributed by atoms with Gasteiger partial charge < -0.3 is 10.2 Å². The smallest absolute Gasteiger partial charge is 0.252 e. The highest BCUT2D eigenvalue weighted by Crippen LogP contribution is 2.31. The van der Waals surface area contributed by atoms with Crippen molar-refractivity contribution in [2.45, 2.75) is 0 Å². The lowest BCUT2D eigenvalue weighted by Gasteiger charge is -2.34. The van der Waals surface area contributed by atoms with Gasteiger partial charge in [0.1, 0.15) is 0 Å².